The molecular weight excluding hydrogens is 473 g/mol. The van der Waals surface area contributed by atoms with Gasteiger partial charge in [0.2, 0.25) is 5.91 Å². The Kier molecular flexibility index (Phi) is 5.73. The molecule has 0 atom stereocenters. The largest absolute Gasteiger partial charge is 0.330 e. The lowest BCUT2D eigenvalue weighted by atomic mass is 10.3. The fourth-order valence-electron chi connectivity index (χ4n) is 3.48. The lowest BCUT2D eigenvalue weighted by molar-refractivity contribution is -0.115. The zero-order chi connectivity index (χ0) is 22.4. The first kappa shape index (κ1) is 21.5. The van der Waals surface area contributed by atoms with E-state index in [1.54, 1.807) is 22.8 Å². The molecule has 0 aliphatic heterocycles. The first-order valence-electron chi connectivity index (χ1n) is 10.3. The van der Waals surface area contributed by atoms with Crippen LogP contribution in [0.3, 0.4) is 0 Å². The molecular formula is C21H19Cl2N5O3S. The Morgan fingerprint density at radius 2 is 1.97 bits per heavy atom. The molecule has 2 aliphatic carbocycles. The van der Waals surface area contributed by atoms with Gasteiger partial charge in [0.25, 0.3) is 5.56 Å². The van der Waals surface area contributed by atoms with E-state index in [-0.39, 0.29) is 24.3 Å². The average Bonchev–Trinajstić information content (AvgIpc) is 3.63. The first-order valence-corrected chi connectivity index (χ1v) is 12.1. The lowest BCUT2D eigenvalue weighted by Gasteiger charge is -2.12. The topological polar surface area (TPSA) is 110 Å². The molecule has 2 saturated carbocycles. The van der Waals surface area contributed by atoms with Gasteiger partial charge in [-0.2, -0.15) is 0 Å². The summed E-state index contributed by atoms with van der Waals surface area (Å²) in [6.07, 6.45) is 3.94. The highest BCUT2D eigenvalue weighted by Crippen LogP contribution is 2.41. The number of anilines is 1. The molecule has 2 fully saturated rings. The number of nitrogens with one attached hydrogen (secondary N) is 2. The van der Waals surface area contributed by atoms with Crippen LogP contribution in [0.5, 0.6) is 0 Å². The first-order chi connectivity index (χ1) is 15.4. The highest BCUT2D eigenvalue weighted by molar-refractivity contribution is 7.99. The molecule has 0 bridgehead atoms. The van der Waals surface area contributed by atoms with Gasteiger partial charge in [0, 0.05) is 29.2 Å². The van der Waals surface area contributed by atoms with Crippen LogP contribution in [-0.2, 0) is 4.79 Å². The molecule has 1 amide bonds. The van der Waals surface area contributed by atoms with Crippen molar-refractivity contribution in [3.8, 4) is 0 Å². The van der Waals surface area contributed by atoms with Crippen LogP contribution in [0.4, 0.5) is 5.69 Å². The Morgan fingerprint density at radius 3 is 2.69 bits per heavy atom. The molecule has 0 saturated heterocycles. The number of carbonyl (C=O) groups is 1. The van der Waals surface area contributed by atoms with Gasteiger partial charge in [-0.1, -0.05) is 23.2 Å². The van der Waals surface area contributed by atoms with Crippen LogP contribution in [0, 0.1) is 0 Å². The SMILES string of the molecule is O=C(CCSc1nc(C2CC2)nc2c1c(=O)[nH]c(=O)n2C1CC1)Nc1cc(Cl)ccc1Cl. The third-order valence-electron chi connectivity index (χ3n) is 5.39. The van der Waals surface area contributed by atoms with Crippen LogP contribution in [0.1, 0.15) is 49.9 Å². The number of benzene rings is 1. The van der Waals surface area contributed by atoms with Gasteiger partial charge in [0.1, 0.15) is 16.2 Å². The van der Waals surface area contributed by atoms with Gasteiger partial charge in [-0.05, 0) is 43.9 Å². The monoisotopic (exact) mass is 491 g/mol. The third-order valence-corrected chi connectivity index (χ3v) is 6.94. The van der Waals surface area contributed by atoms with Gasteiger partial charge in [-0.15, -0.1) is 11.8 Å². The number of halogens is 2. The number of aromatic nitrogens is 4. The molecule has 8 nitrogen and oxygen atoms in total. The minimum absolute atomic E-state index is 0.0647. The standard InChI is InChI=1S/C21H19Cl2N5O3S/c22-11-3-6-13(23)14(9-11)24-15(29)7-8-32-20-16-18(25-17(26-20)10-1-2-10)28(12-4-5-12)21(31)27-19(16)30/h3,6,9-10,12H,1-2,4-5,7-8H2,(H,24,29)(H,27,30,31). The van der Waals surface area contributed by atoms with Crippen molar-refractivity contribution in [3.05, 3.63) is 54.9 Å². The second kappa shape index (κ2) is 8.53. The summed E-state index contributed by atoms with van der Waals surface area (Å²) in [5.74, 6) is 1.08. The minimum atomic E-state index is -0.498. The average molecular weight is 492 g/mol. The molecule has 0 spiro atoms. The highest BCUT2D eigenvalue weighted by atomic mass is 35.5. The summed E-state index contributed by atoms with van der Waals surface area (Å²) in [7, 11) is 0. The van der Waals surface area contributed by atoms with Gasteiger partial charge in [-0.25, -0.2) is 14.8 Å². The number of nitrogens with zero attached hydrogens (tertiary/aromatic N) is 3. The van der Waals surface area contributed by atoms with E-state index in [1.165, 1.54) is 11.8 Å². The summed E-state index contributed by atoms with van der Waals surface area (Å²) in [5, 5.41) is 4.43. The van der Waals surface area contributed by atoms with Crippen LogP contribution in [0.15, 0.2) is 32.8 Å². The van der Waals surface area contributed by atoms with E-state index >= 15 is 0 Å². The van der Waals surface area contributed by atoms with Crippen LogP contribution in [-0.4, -0.2) is 31.2 Å². The van der Waals surface area contributed by atoms with Crippen LogP contribution >= 0.6 is 35.0 Å². The lowest BCUT2D eigenvalue weighted by Crippen LogP contribution is -2.31. The summed E-state index contributed by atoms with van der Waals surface area (Å²) < 4.78 is 1.59. The number of aromatic amines is 1. The second-order valence-electron chi connectivity index (χ2n) is 7.99. The van der Waals surface area contributed by atoms with E-state index in [2.05, 4.69) is 20.3 Å². The number of fused-ring (bicyclic) bond motifs is 1. The van der Waals surface area contributed by atoms with Crippen molar-refractivity contribution in [3.63, 3.8) is 0 Å². The predicted octanol–water partition coefficient (Wildman–Crippen LogP) is 4.12. The van der Waals surface area contributed by atoms with Crippen LogP contribution in [0.25, 0.3) is 11.0 Å². The molecule has 2 heterocycles. The molecule has 2 N–H and O–H groups in total. The number of carbonyl (C=O) groups excluding carboxylic acids is 1. The van der Waals surface area contributed by atoms with Crippen molar-refractivity contribution in [2.75, 3.05) is 11.1 Å². The Bertz CT molecular complexity index is 1350. The van der Waals surface area contributed by atoms with Crippen molar-refractivity contribution >= 4 is 57.6 Å². The van der Waals surface area contributed by atoms with E-state index in [4.69, 9.17) is 23.2 Å². The fourth-order valence-corrected chi connectivity index (χ4v) is 4.78. The number of rotatable bonds is 7. The molecule has 32 heavy (non-hydrogen) atoms. The summed E-state index contributed by atoms with van der Waals surface area (Å²) in [6.45, 7) is 0. The van der Waals surface area contributed by atoms with E-state index in [0.29, 0.717) is 43.4 Å². The summed E-state index contributed by atoms with van der Waals surface area (Å²) in [6, 6.07) is 4.92. The van der Waals surface area contributed by atoms with Gasteiger partial charge in [-0.3, -0.25) is 19.1 Å². The molecule has 0 radical (unpaired) electrons. The minimum Gasteiger partial charge on any atom is -0.325 e. The molecule has 5 rings (SSSR count). The van der Waals surface area contributed by atoms with Crippen LogP contribution in [0.2, 0.25) is 10.0 Å². The van der Waals surface area contributed by atoms with E-state index < -0.39 is 11.2 Å². The fraction of sp³-hybridized carbons (Fsp3) is 0.381. The van der Waals surface area contributed by atoms with E-state index in [0.717, 1.165) is 25.7 Å². The van der Waals surface area contributed by atoms with Gasteiger partial charge in [0.05, 0.1) is 10.7 Å². The third kappa shape index (κ3) is 4.42. The molecule has 3 aromatic rings. The van der Waals surface area contributed by atoms with E-state index in [1.807, 2.05) is 0 Å². The molecule has 1 aromatic carbocycles. The smallest absolute Gasteiger partial charge is 0.325 e. The normalized spacial score (nSPS) is 15.8. The Labute approximate surface area is 196 Å². The molecule has 166 valence electrons. The molecule has 2 aliphatic rings. The second-order valence-corrected chi connectivity index (χ2v) is 9.92. The van der Waals surface area contributed by atoms with Crippen molar-refractivity contribution in [1.29, 1.82) is 0 Å². The number of hydrogen-bond acceptors (Lipinski definition) is 6. The molecule has 2 aromatic heterocycles. The Morgan fingerprint density at radius 1 is 1.19 bits per heavy atom. The van der Waals surface area contributed by atoms with Crippen LogP contribution < -0.4 is 16.6 Å². The van der Waals surface area contributed by atoms with E-state index in [9.17, 15) is 14.4 Å². The zero-order valence-electron chi connectivity index (χ0n) is 16.9. The number of hydrogen-bond donors (Lipinski definition) is 2. The van der Waals surface area contributed by atoms with Crippen molar-refractivity contribution in [2.24, 2.45) is 0 Å². The number of thioether (sulfide) groups is 1. The summed E-state index contributed by atoms with van der Waals surface area (Å²) in [4.78, 5) is 49.1. The van der Waals surface area contributed by atoms with Crippen molar-refractivity contribution in [1.82, 2.24) is 19.5 Å². The van der Waals surface area contributed by atoms with Crippen molar-refractivity contribution < 1.29 is 4.79 Å². The number of amides is 1. The highest BCUT2D eigenvalue weighted by Gasteiger charge is 2.32. The maximum Gasteiger partial charge on any atom is 0.330 e. The zero-order valence-corrected chi connectivity index (χ0v) is 19.2. The number of H-pyrrole nitrogens is 1. The maximum absolute atomic E-state index is 12.7. The predicted molar refractivity (Wildman–Crippen MR) is 125 cm³/mol. The summed E-state index contributed by atoms with van der Waals surface area (Å²) in [5.41, 5.74) is -0.0838. The molecule has 0 unspecified atom stereocenters. The maximum atomic E-state index is 12.7. The van der Waals surface area contributed by atoms with Crippen molar-refractivity contribution in [2.45, 2.75) is 49.1 Å². The quantitative estimate of drug-likeness (QED) is 0.379. The Hall–Kier alpha value is -2.36. The Balaban J connectivity index is 1.39. The summed E-state index contributed by atoms with van der Waals surface area (Å²) >= 11 is 13.4. The van der Waals surface area contributed by atoms with Gasteiger partial charge < -0.3 is 5.32 Å². The van der Waals surface area contributed by atoms with Gasteiger partial charge in [0.15, 0.2) is 5.65 Å². The van der Waals surface area contributed by atoms with Gasteiger partial charge >= 0.3 is 5.69 Å². The molecule has 11 heteroatoms.